The Bertz CT molecular complexity index is 3650. The van der Waals surface area contributed by atoms with E-state index in [1.165, 1.54) is 37.1 Å². The van der Waals surface area contributed by atoms with Crippen molar-refractivity contribution in [3.05, 3.63) is 255 Å². The van der Waals surface area contributed by atoms with Crippen LogP contribution in [-0.4, -0.2) is 0 Å². The molecule has 0 spiro atoms. The van der Waals surface area contributed by atoms with Crippen molar-refractivity contribution in [2.24, 2.45) is 0 Å². The van der Waals surface area contributed by atoms with Gasteiger partial charge in [0.15, 0.2) is 0 Å². The molecule has 0 aromatic heterocycles. The fraction of sp³-hybridized carbons (Fsp3) is 0. The Balaban J connectivity index is 0.962. The quantitative estimate of drug-likeness (QED) is 0.112. The Morgan fingerprint density at radius 2 is 0.736 bits per heavy atom. The zero-order valence-electron chi connectivity index (χ0n) is 38.4. The zero-order chi connectivity index (χ0) is 48.4. The van der Waals surface area contributed by atoms with Gasteiger partial charge in [-0.3, -0.25) is 9.34 Å². The largest absolute Gasteiger partial charge is 0.300 e. The summed E-state index contributed by atoms with van der Waals surface area (Å²) in [5, 5.41) is -1.34. The van der Waals surface area contributed by atoms with Crippen molar-refractivity contribution in [2.45, 2.75) is 14.7 Å². The lowest BCUT2D eigenvalue weighted by atomic mass is 9.93. The van der Waals surface area contributed by atoms with Crippen molar-refractivity contribution in [1.29, 1.82) is 0 Å². The maximum absolute atomic E-state index is 6.93. The summed E-state index contributed by atoms with van der Waals surface area (Å²) in [5.41, 5.74) is 13.6. The summed E-state index contributed by atoms with van der Waals surface area (Å²) in [6.07, 6.45) is 0. The highest BCUT2D eigenvalue weighted by Crippen LogP contribution is 2.85. The van der Waals surface area contributed by atoms with Crippen LogP contribution in [0.5, 0.6) is 0 Å². The molecule has 348 valence electrons. The van der Waals surface area contributed by atoms with Crippen molar-refractivity contribution in [1.82, 2.24) is 0 Å². The lowest BCUT2D eigenvalue weighted by Crippen LogP contribution is -2.18. The zero-order valence-corrected chi connectivity index (χ0v) is 46.1. The Hall–Kier alpha value is -5.27. The summed E-state index contributed by atoms with van der Waals surface area (Å²) in [5.74, 6) is -2.32. The highest BCUT2D eigenvalue weighted by molar-refractivity contribution is 8.93. The number of hydrogen-bond acceptors (Lipinski definition) is 7. The third-order valence-electron chi connectivity index (χ3n) is 13.2. The molecule has 3 aliphatic heterocycles. The first-order chi connectivity index (χ1) is 35.3. The number of thiol groups is 1. The van der Waals surface area contributed by atoms with E-state index in [4.69, 9.17) is 35.9 Å². The van der Waals surface area contributed by atoms with Gasteiger partial charge >= 0.3 is 0 Å². The molecule has 12 heteroatoms. The number of anilines is 6. The van der Waals surface area contributed by atoms with Crippen LogP contribution in [-0.2, 0) is 23.6 Å². The first-order valence-electron chi connectivity index (χ1n) is 23.5. The molecule has 0 amide bonds. The minimum atomic E-state index is -2.43. The van der Waals surface area contributed by atoms with E-state index >= 15 is 0 Å². The molecule has 72 heavy (non-hydrogen) atoms. The van der Waals surface area contributed by atoms with Crippen molar-refractivity contribution in [3.8, 4) is 33.4 Å². The predicted molar refractivity (Wildman–Crippen MR) is 329 cm³/mol. The van der Waals surface area contributed by atoms with E-state index in [1.54, 1.807) is 0 Å². The molecule has 3 heterocycles. The summed E-state index contributed by atoms with van der Waals surface area (Å²) >= 11 is 25.2. The van der Waals surface area contributed by atoms with E-state index in [2.05, 4.69) is 269 Å². The summed E-state index contributed by atoms with van der Waals surface area (Å²) in [7, 11) is 0. The molecule has 0 radical (unpaired) electrons. The second-order valence-corrected chi connectivity index (χ2v) is 38.9. The molecule has 0 saturated heterocycles. The number of rotatable bonds is 9. The van der Waals surface area contributed by atoms with E-state index < -0.39 is 16.6 Å². The summed E-state index contributed by atoms with van der Waals surface area (Å²) in [6, 6.07) is 92.3. The average molecular weight is 1090 g/mol. The number of fused-ring (bicyclic) bond motifs is 3. The highest BCUT2D eigenvalue weighted by atomic mass is 33.1. The third-order valence-corrected chi connectivity index (χ3v) is 34.3. The van der Waals surface area contributed by atoms with Gasteiger partial charge in [0.05, 0.1) is 39.0 Å². The Labute approximate surface area is 449 Å². The molecular weight excluding hydrogens is 1050 g/mol. The van der Waals surface area contributed by atoms with Crippen LogP contribution in [0.4, 0.5) is 34.1 Å². The SMILES string of the molecule is S=P1(c2cccc(-c3cc(-c4cccc(P5(=S)Sc6ccccc6N5c5ccccc5)c4)cc(-c4cccc([P+]5(S)Sc6ccccc6N5c5ccccc5)c4)c3)c2)Sc2ccccc2N1c1ccccc1. The van der Waals surface area contributed by atoms with Crippen LogP contribution >= 0.6 is 63.0 Å². The van der Waals surface area contributed by atoms with Gasteiger partial charge in [0.1, 0.15) is 16.1 Å². The van der Waals surface area contributed by atoms with Gasteiger partial charge in [0, 0.05) is 44.0 Å². The normalized spacial score (nSPS) is 19.8. The molecule has 3 aliphatic rings. The standard InChI is InChI=1S/C60H43N3P3S6/c67-64(61(49-22-4-1-5-23-49)55-31-10-13-34-58(55)70-64)52-28-16-19-43(40-52)46-37-47(44-20-17-29-53(41-44)65(68)62(50-24-6-2-7-25-50)56-32-11-14-35-59(56)71-65)39-48(38-46)45-21-18-30-54(42-45)66(69)63(51-26-8-3-9-27-51)57-33-12-15-36-60(57)72-66/h1-42,67H/q+1. The Morgan fingerprint density at radius 1 is 0.347 bits per heavy atom. The van der Waals surface area contributed by atoms with Gasteiger partial charge in [0.25, 0.3) is 5.82 Å². The molecule has 13 rings (SSSR count). The van der Waals surface area contributed by atoms with E-state index in [0.717, 1.165) is 61.1 Å². The summed E-state index contributed by atoms with van der Waals surface area (Å²) in [6.45, 7) is 0. The van der Waals surface area contributed by atoms with Crippen molar-refractivity contribution in [3.63, 3.8) is 0 Å². The maximum atomic E-state index is 6.93. The monoisotopic (exact) mass is 1090 g/mol. The van der Waals surface area contributed by atoms with Crippen LogP contribution in [0, 0.1) is 0 Å². The van der Waals surface area contributed by atoms with E-state index in [9.17, 15) is 0 Å². The van der Waals surface area contributed by atoms with Gasteiger partial charge in [-0.1, -0.05) is 186 Å². The number of hydrogen-bond donors (Lipinski definition) is 1. The van der Waals surface area contributed by atoms with Gasteiger partial charge in [-0.15, -0.1) is 0 Å². The predicted octanol–water partition coefficient (Wildman–Crippen LogP) is 18.7. The van der Waals surface area contributed by atoms with Crippen LogP contribution in [0.25, 0.3) is 33.4 Å². The van der Waals surface area contributed by atoms with Gasteiger partial charge in [-0.2, -0.15) is 4.67 Å². The van der Waals surface area contributed by atoms with Gasteiger partial charge in [0.2, 0.25) is 0 Å². The van der Waals surface area contributed by atoms with Crippen LogP contribution in [0.3, 0.4) is 0 Å². The highest BCUT2D eigenvalue weighted by Gasteiger charge is 2.54. The smallest absolute Gasteiger partial charge is 0.262 e. The molecule has 0 aliphatic carbocycles. The minimum Gasteiger partial charge on any atom is -0.300 e. The number of para-hydroxylation sites is 6. The van der Waals surface area contributed by atoms with E-state index in [1.807, 2.05) is 34.1 Å². The Morgan fingerprint density at radius 3 is 1.22 bits per heavy atom. The molecule has 3 atom stereocenters. The lowest BCUT2D eigenvalue weighted by Gasteiger charge is -2.30. The van der Waals surface area contributed by atoms with Gasteiger partial charge in [-0.25, -0.2) is 0 Å². The molecule has 0 fully saturated rings. The molecule has 3 unspecified atom stereocenters. The van der Waals surface area contributed by atoms with Crippen LogP contribution in [0.15, 0.2) is 269 Å². The first-order valence-corrected chi connectivity index (χ1v) is 36.2. The second-order valence-electron chi connectivity index (χ2n) is 17.7. The van der Waals surface area contributed by atoms with Crippen LogP contribution < -0.4 is 29.9 Å². The van der Waals surface area contributed by atoms with E-state index in [-0.39, 0.29) is 0 Å². The molecule has 3 nitrogen and oxygen atoms in total. The fourth-order valence-electron chi connectivity index (χ4n) is 9.89. The summed E-state index contributed by atoms with van der Waals surface area (Å²) < 4.78 is 7.34. The maximum Gasteiger partial charge on any atom is 0.262 e. The van der Waals surface area contributed by atoms with E-state index in [0.29, 0.717) is 0 Å². The van der Waals surface area contributed by atoms with Crippen molar-refractivity contribution < 1.29 is 0 Å². The van der Waals surface area contributed by atoms with Crippen LogP contribution in [0.2, 0.25) is 0 Å². The van der Waals surface area contributed by atoms with Crippen LogP contribution in [0.1, 0.15) is 0 Å². The number of nitrogens with zero attached hydrogens (tertiary/aromatic N) is 3. The minimum absolute atomic E-state index is 1.11. The van der Waals surface area contributed by atoms with Gasteiger partial charge in [-0.05, 0) is 149 Å². The molecule has 10 aromatic rings. The first kappa shape index (κ1) is 46.5. The molecular formula is C60H43N3P3S6+. The lowest BCUT2D eigenvalue weighted by molar-refractivity contribution is 1.35. The summed E-state index contributed by atoms with van der Waals surface area (Å²) in [4.78, 5) is 3.68. The van der Waals surface area contributed by atoms with Crippen molar-refractivity contribution in [2.75, 3.05) is 14.0 Å². The third kappa shape index (κ3) is 8.05. The number of benzene rings is 10. The molecule has 0 N–H and O–H groups in total. The average Bonchev–Trinajstić information content (AvgIpc) is 4.06. The second kappa shape index (κ2) is 18.9. The fourth-order valence-corrected chi connectivity index (χ4v) is 30.9. The molecule has 10 aromatic carbocycles. The van der Waals surface area contributed by atoms with Gasteiger partial charge < -0.3 is 0 Å². The Kier molecular flexibility index (Phi) is 12.2. The molecule has 0 bridgehead atoms. The topological polar surface area (TPSA) is 9.72 Å². The van der Waals surface area contributed by atoms with Crippen molar-refractivity contribution >= 4 is 137 Å². The molecule has 0 saturated carbocycles.